The molecule has 0 saturated carbocycles. The molecule has 168 valence electrons. The second kappa shape index (κ2) is 9.58. The van der Waals surface area contributed by atoms with Crippen molar-refractivity contribution in [2.75, 3.05) is 5.75 Å². The molecule has 2 aromatic carbocycles. The average Bonchev–Trinajstić information content (AvgIpc) is 2.74. The summed E-state index contributed by atoms with van der Waals surface area (Å²) < 4.78 is 25.8. The van der Waals surface area contributed by atoms with Crippen molar-refractivity contribution >= 4 is 38.8 Å². The van der Waals surface area contributed by atoms with E-state index in [1.165, 1.54) is 10.6 Å². The molecule has 0 aliphatic heterocycles. The highest BCUT2D eigenvalue weighted by molar-refractivity contribution is 7.90. The maximum Gasteiger partial charge on any atom is 0.250 e. The second-order valence-electron chi connectivity index (χ2n) is 7.35. The highest BCUT2D eigenvalue weighted by Crippen LogP contribution is 2.33. The second-order valence-corrected chi connectivity index (χ2v) is 10.5. The van der Waals surface area contributed by atoms with Crippen molar-refractivity contribution in [3.05, 3.63) is 91.3 Å². The highest BCUT2D eigenvalue weighted by atomic mass is 35.5. The van der Waals surface area contributed by atoms with Crippen LogP contribution in [0.5, 0.6) is 0 Å². The molecular weight excluding hydrogens is 471 g/mol. The predicted molar refractivity (Wildman–Crippen MR) is 128 cm³/mol. The number of nitrogens with two attached hydrogens (primary N) is 1. The molecule has 0 radical (unpaired) electrons. The fourth-order valence-corrected chi connectivity index (χ4v) is 4.85. The molecule has 0 fully saturated rings. The van der Waals surface area contributed by atoms with E-state index in [1.54, 1.807) is 56.6 Å². The van der Waals surface area contributed by atoms with E-state index in [4.69, 9.17) is 28.9 Å². The average molecular weight is 493 g/mol. The van der Waals surface area contributed by atoms with Crippen molar-refractivity contribution in [1.29, 1.82) is 0 Å². The minimum atomic E-state index is -3.31. The third kappa shape index (κ3) is 4.96. The molecule has 3 rings (SSSR count). The summed E-state index contributed by atoms with van der Waals surface area (Å²) in [5.74, 6) is -0.606. The van der Waals surface area contributed by atoms with Gasteiger partial charge in [0.25, 0.3) is 5.56 Å². The number of hydrogen-bond donors (Lipinski definition) is 1. The summed E-state index contributed by atoms with van der Waals surface area (Å²) in [5.41, 5.74) is 8.09. The largest absolute Gasteiger partial charge is 0.326 e. The number of carbonyl (C=O) groups excluding carboxylic acids is 1. The van der Waals surface area contributed by atoms with E-state index >= 15 is 0 Å². The van der Waals surface area contributed by atoms with Crippen LogP contribution in [-0.2, 0) is 29.2 Å². The van der Waals surface area contributed by atoms with Crippen LogP contribution in [0.15, 0.2) is 53.5 Å². The summed E-state index contributed by atoms with van der Waals surface area (Å²) in [6, 6.07) is 11.0. The highest BCUT2D eigenvalue weighted by Gasteiger charge is 2.23. The first-order valence-electron chi connectivity index (χ1n) is 9.80. The van der Waals surface area contributed by atoms with Gasteiger partial charge in [-0.2, -0.15) is 0 Å². The van der Waals surface area contributed by atoms with Gasteiger partial charge in [0.05, 0.1) is 21.4 Å². The van der Waals surface area contributed by atoms with Crippen LogP contribution in [0.25, 0.3) is 11.1 Å². The maximum absolute atomic E-state index is 13.5. The predicted octanol–water partition coefficient (Wildman–Crippen LogP) is 3.98. The summed E-state index contributed by atoms with van der Waals surface area (Å²) in [5, 5.41) is 0.399. The molecule has 6 nitrogen and oxygen atoms in total. The molecule has 0 saturated heterocycles. The van der Waals surface area contributed by atoms with Gasteiger partial charge in [-0.15, -0.1) is 0 Å². The molecule has 0 bridgehead atoms. The smallest absolute Gasteiger partial charge is 0.250 e. The molecular formula is C23H22Cl2N2O4S. The van der Waals surface area contributed by atoms with E-state index in [1.807, 2.05) is 0 Å². The zero-order chi connectivity index (χ0) is 23.6. The number of sulfone groups is 1. The molecule has 2 N–H and O–H groups in total. The number of ketones is 1. The van der Waals surface area contributed by atoms with E-state index in [0.717, 1.165) is 0 Å². The first-order chi connectivity index (χ1) is 15.1. The van der Waals surface area contributed by atoms with Crippen LogP contribution in [0, 0.1) is 0 Å². The first-order valence-corrected chi connectivity index (χ1v) is 12.4. The number of benzene rings is 2. The van der Waals surface area contributed by atoms with Gasteiger partial charge in [-0.25, -0.2) is 8.42 Å². The van der Waals surface area contributed by atoms with Crippen molar-refractivity contribution in [2.45, 2.75) is 19.2 Å². The van der Waals surface area contributed by atoms with Gasteiger partial charge in [0, 0.05) is 42.7 Å². The minimum absolute atomic E-state index is 0.00780. The number of aryl methyl sites for hydroxylation is 1. The minimum Gasteiger partial charge on any atom is -0.326 e. The number of nitrogens with zero attached hydrogens (tertiary/aromatic N) is 1. The zero-order valence-electron chi connectivity index (χ0n) is 17.6. The Kier molecular flexibility index (Phi) is 7.25. The Morgan fingerprint density at radius 2 is 1.72 bits per heavy atom. The summed E-state index contributed by atoms with van der Waals surface area (Å²) in [6.45, 7) is 1.64. The summed E-state index contributed by atoms with van der Waals surface area (Å²) in [4.78, 5) is 25.6. The lowest BCUT2D eigenvalue weighted by atomic mass is 9.91. The van der Waals surface area contributed by atoms with Gasteiger partial charge in [-0.3, -0.25) is 9.59 Å². The van der Waals surface area contributed by atoms with Crippen LogP contribution in [0.1, 0.15) is 34.0 Å². The third-order valence-corrected chi connectivity index (χ3v) is 7.45. The van der Waals surface area contributed by atoms with Gasteiger partial charge in [-0.05, 0) is 34.9 Å². The maximum atomic E-state index is 13.5. The number of halogens is 2. The van der Waals surface area contributed by atoms with Gasteiger partial charge in [0.15, 0.2) is 15.6 Å². The van der Waals surface area contributed by atoms with Crippen LogP contribution in [0.4, 0.5) is 0 Å². The molecule has 9 heteroatoms. The Morgan fingerprint density at radius 1 is 1.06 bits per heavy atom. The topological polar surface area (TPSA) is 99.2 Å². The van der Waals surface area contributed by atoms with Crippen molar-refractivity contribution in [2.24, 2.45) is 12.8 Å². The quantitative estimate of drug-likeness (QED) is 0.502. The Labute approximate surface area is 196 Å². The lowest BCUT2D eigenvalue weighted by Crippen LogP contribution is -2.18. The van der Waals surface area contributed by atoms with Crippen molar-refractivity contribution in [3.8, 4) is 11.1 Å². The fourth-order valence-electron chi connectivity index (χ4n) is 3.39. The monoisotopic (exact) mass is 492 g/mol. The summed E-state index contributed by atoms with van der Waals surface area (Å²) in [6.07, 6.45) is 1.59. The molecule has 0 amide bonds. The van der Waals surface area contributed by atoms with E-state index in [-0.39, 0.29) is 44.8 Å². The standard InChI is InChI=1S/C23H22Cl2N2O4S/c1-3-32(30,31)13-14-7-8-16(23(29)22-19(24)5-4-6-20(22)25)17(9-14)18-12-27(2)21(28)10-15(18)11-26/h4-10,12H,3,11,13,26H2,1-2H3. The van der Waals surface area contributed by atoms with Crippen molar-refractivity contribution < 1.29 is 13.2 Å². The molecule has 1 heterocycles. The van der Waals surface area contributed by atoms with Gasteiger partial charge < -0.3 is 10.3 Å². The molecule has 1 aromatic heterocycles. The Balaban J connectivity index is 2.31. The molecule has 3 aromatic rings. The lowest BCUT2D eigenvalue weighted by molar-refractivity contribution is 0.103. The molecule has 0 unspecified atom stereocenters. The number of hydrogen-bond acceptors (Lipinski definition) is 5. The summed E-state index contributed by atoms with van der Waals surface area (Å²) >= 11 is 12.5. The molecule has 32 heavy (non-hydrogen) atoms. The van der Waals surface area contributed by atoms with Crippen LogP contribution in [0.2, 0.25) is 10.0 Å². The number of aromatic nitrogens is 1. The SMILES string of the molecule is CCS(=O)(=O)Cc1ccc(C(=O)c2c(Cl)cccc2Cl)c(-c2cn(C)c(=O)cc2CN)c1. The fraction of sp³-hybridized carbons (Fsp3) is 0.217. The van der Waals surface area contributed by atoms with Crippen LogP contribution in [-0.4, -0.2) is 24.5 Å². The molecule has 0 spiro atoms. The van der Waals surface area contributed by atoms with Gasteiger partial charge in [0.2, 0.25) is 0 Å². The Morgan fingerprint density at radius 3 is 2.31 bits per heavy atom. The summed E-state index contributed by atoms with van der Waals surface area (Å²) in [7, 11) is -1.72. The van der Waals surface area contributed by atoms with E-state index < -0.39 is 15.6 Å². The van der Waals surface area contributed by atoms with Gasteiger partial charge in [-0.1, -0.05) is 48.3 Å². The van der Waals surface area contributed by atoms with E-state index in [9.17, 15) is 18.0 Å². The Hall–Kier alpha value is -2.45. The lowest BCUT2D eigenvalue weighted by Gasteiger charge is -2.16. The zero-order valence-corrected chi connectivity index (χ0v) is 19.9. The Bertz CT molecular complexity index is 1340. The number of carbonyl (C=O) groups is 1. The van der Waals surface area contributed by atoms with Gasteiger partial charge >= 0.3 is 0 Å². The van der Waals surface area contributed by atoms with Crippen molar-refractivity contribution in [1.82, 2.24) is 4.57 Å². The van der Waals surface area contributed by atoms with E-state index in [2.05, 4.69) is 0 Å². The molecule has 0 atom stereocenters. The normalized spacial score (nSPS) is 11.5. The van der Waals surface area contributed by atoms with Crippen LogP contribution in [0.3, 0.4) is 0 Å². The molecule has 0 aliphatic rings. The number of rotatable bonds is 7. The number of pyridine rings is 1. The molecule has 0 aliphatic carbocycles. The first kappa shape index (κ1) is 24.2. The van der Waals surface area contributed by atoms with Gasteiger partial charge in [0.1, 0.15) is 0 Å². The van der Waals surface area contributed by atoms with E-state index in [0.29, 0.717) is 22.3 Å². The van der Waals surface area contributed by atoms with Crippen LogP contribution < -0.4 is 11.3 Å². The third-order valence-electron chi connectivity index (χ3n) is 5.17. The van der Waals surface area contributed by atoms with Crippen molar-refractivity contribution in [3.63, 3.8) is 0 Å². The van der Waals surface area contributed by atoms with Crippen LogP contribution >= 0.6 is 23.2 Å².